The Morgan fingerprint density at radius 3 is 1.20 bits per heavy atom. The van der Waals surface area contributed by atoms with E-state index in [2.05, 4.69) is 206 Å². The zero-order valence-electron chi connectivity index (χ0n) is 53.3. The molecule has 0 radical (unpaired) electrons. The molecular weight excluding hydrogens is 913 g/mol. The highest BCUT2D eigenvalue weighted by Gasteiger charge is 2.43. The van der Waals surface area contributed by atoms with Crippen molar-refractivity contribution in [2.45, 2.75) is 335 Å². The van der Waals surface area contributed by atoms with Crippen LogP contribution < -0.4 is 36.8 Å². The molecule has 5 rings (SSSR count). The first-order chi connectivity index (χ1) is 33.5. The first kappa shape index (κ1) is 64.9. The van der Waals surface area contributed by atoms with Crippen LogP contribution in [0.4, 0.5) is 11.9 Å². The highest BCUT2D eigenvalue weighted by molar-refractivity contribution is 5.40. The van der Waals surface area contributed by atoms with Crippen LogP contribution in [-0.4, -0.2) is 139 Å². The number of nitrogens with one attached hydrogen (secondary N) is 6. The van der Waals surface area contributed by atoms with Crippen LogP contribution >= 0.6 is 0 Å². The van der Waals surface area contributed by atoms with Crippen molar-refractivity contribution in [3.05, 3.63) is 5.82 Å². The number of anilines is 2. The summed E-state index contributed by atoms with van der Waals surface area (Å²) in [5.74, 6) is 2.29. The predicted molar refractivity (Wildman–Crippen MR) is 321 cm³/mol. The van der Waals surface area contributed by atoms with E-state index in [4.69, 9.17) is 15.0 Å². The van der Waals surface area contributed by atoms with Crippen molar-refractivity contribution in [2.75, 3.05) is 50.5 Å². The number of aryl methyl sites for hydroxylation is 1. The summed E-state index contributed by atoms with van der Waals surface area (Å²) in [7, 11) is 4.67. The number of hydrogen-bond donors (Lipinski definition) is 6. The molecule has 4 saturated heterocycles. The first-order valence-electron chi connectivity index (χ1n) is 30.1. The molecule has 4 aliphatic heterocycles. The maximum atomic E-state index is 5.09. The average Bonchev–Trinajstić information content (AvgIpc) is 3.14. The molecule has 0 saturated carbocycles. The Bertz CT molecular complexity index is 1790. The Labute approximate surface area is 458 Å². The lowest BCUT2D eigenvalue weighted by molar-refractivity contribution is 0.0802. The minimum absolute atomic E-state index is 0.0465. The van der Waals surface area contributed by atoms with E-state index in [0.717, 1.165) is 44.0 Å². The van der Waals surface area contributed by atoms with Gasteiger partial charge in [0.2, 0.25) is 11.9 Å². The van der Waals surface area contributed by atoms with Gasteiger partial charge in [-0.05, 0) is 254 Å². The van der Waals surface area contributed by atoms with Gasteiger partial charge in [-0.25, -0.2) is 0 Å². The number of hydrogen-bond acceptors (Lipinski definition) is 12. The number of nitrogens with zero attached hydrogens (tertiary/aromatic N) is 6. The number of piperidine rings is 4. The number of unbranched alkanes of at least 4 members (excludes halogenated alkanes) is 6. The third kappa shape index (κ3) is 23.3. The van der Waals surface area contributed by atoms with Crippen LogP contribution in [0.1, 0.15) is 260 Å². The van der Waals surface area contributed by atoms with Crippen molar-refractivity contribution in [2.24, 2.45) is 5.41 Å². The highest BCUT2D eigenvalue weighted by Crippen LogP contribution is 2.36. The van der Waals surface area contributed by atoms with Crippen molar-refractivity contribution in [1.29, 1.82) is 0 Å². The SMILES string of the molecule is CN(CCCCCCNC1CC(C)(C)NC(C)(C)C1)C1CC(C)(C)NC(C)(C)C1.Cc1nc(NC(C)(C)CC(C)(C)C)nc(N(CCCCCCN(C)C2CC(C)(C)NC(C)(C)C2)C2CC(C)(C)NC(C)(C)C2)n1. The van der Waals surface area contributed by atoms with Gasteiger partial charge in [0, 0.05) is 80.6 Å². The van der Waals surface area contributed by atoms with Gasteiger partial charge in [-0.1, -0.05) is 46.5 Å². The van der Waals surface area contributed by atoms with Gasteiger partial charge < -0.3 is 46.6 Å². The third-order valence-corrected chi connectivity index (χ3v) is 16.3. The standard InChI is InChI=1S/C37H72N8.C25H52N4/c1-27-38-30(41-37(13,14)26-32(2,3)4)40-31(39-27)45(29-24-35(9,10)43-36(11,12)25-29)21-19-17-16-18-20-44(15)28-22-33(5,6)42-34(7,8)23-28;1-22(2)16-20(17-23(3,4)27-22)26-14-12-10-11-13-15-29(9)21-18-24(5,6)28-25(7,8)19-21/h28-29,42-43H,16-26H2,1-15H3,(H,38,39,40,41);20-21,26-28H,10-19H2,1-9H3. The summed E-state index contributed by atoms with van der Waals surface area (Å²) in [6.07, 6.45) is 20.7. The summed E-state index contributed by atoms with van der Waals surface area (Å²) in [4.78, 5) is 22.6. The summed E-state index contributed by atoms with van der Waals surface area (Å²) in [6.45, 7) is 55.4. The predicted octanol–water partition coefficient (Wildman–Crippen LogP) is 12.4. The van der Waals surface area contributed by atoms with E-state index in [1.54, 1.807) is 0 Å². The smallest absolute Gasteiger partial charge is 0.230 e. The monoisotopic (exact) mass is 1040 g/mol. The fourth-order valence-electron chi connectivity index (χ4n) is 15.4. The van der Waals surface area contributed by atoms with Crippen molar-refractivity contribution in [1.82, 2.24) is 51.3 Å². The van der Waals surface area contributed by atoms with Gasteiger partial charge in [0.15, 0.2) is 0 Å². The molecule has 1 aromatic heterocycles. The van der Waals surface area contributed by atoms with Crippen molar-refractivity contribution < 1.29 is 0 Å². The molecule has 12 heteroatoms. The Balaban J connectivity index is 0.000000352. The van der Waals surface area contributed by atoms with E-state index in [0.29, 0.717) is 30.1 Å². The van der Waals surface area contributed by atoms with Gasteiger partial charge in [-0.3, -0.25) is 0 Å². The van der Waals surface area contributed by atoms with Crippen LogP contribution in [0, 0.1) is 12.3 Å². The van der Waals surface area contributed by atoms with Crippen LogP contribution in [0.5, 0.6) is 0 Å². The Morgan fingerprint density at radius 2 is 0.811 bits per heavy atom. The molecule has 1 aromatic rings. The molecule has 5 heterocycles. The minimum Gasteiger partial charge on any atom is -0.349 e. The lowest BCUT2D eigenvalue weighted by Gasteiger charge is -2.49. The summed E-state index contributed by atoms with van der Waals surface area (Å²) < 4.78 is 0. The van der Waals surface area contributed by atoms with Gasteiger partial charge in [-0.2, -0.15) is 15.0 Å². The van der Waals surface area contributed by atoms with Gasteiger partial charge in [0.05, 0.1) is 0 Å². The summed E-state index contributed by atoms with van der Waals surface area (Å²) in [5, 5.41) is 22.8. The second-order valence-electron chi connectivity index (χ2n) is 32.1. The maximum Gasteiger partial charge on any atom is 0.230 e. The molecule has 74 heavy (non-hydrogen) atoms. The molecule has 0 amide bonds. The van der Waals surface area contributed by atoms with E-state index in [1.165, 1.54) is 103 Å². The largest absolute Gasteiger partial charge is 0.349 e. The normalized spacial score (nSPS) is 23.9. The zero-order chi connectivity index (χ0) is 56.0. The fourth-order valence-corrected chi connectivity index (χ4v) is 15.4. The van der Waals surface area contributed by atoms with Crippen molar-refractivity contribution >= 4 is 11.9 Å². The number of rotatable bonds is 22. The molecule has 432 valence electrons. The van der Waals surface area contributed by atoms with Crippen molar-refractivity contribution in [3.8, 4) is 0 Å². The fraction of sp³-hybridized carbons (Fsp3) is 0.952. The molecule has 0 unspecified atom stereocenters. The molecule has 0 spiro atoms. The molecule has 0 atom stereocenters. The molecule has 4 fully saturated rings. The summed E-state index contributed by atoms with van der Waals surface area (Å²) in [5.41, 5.74) is 1.50. The van der Waals surface area contributed by atoms with Gasteiger partial charge in [0.25, 0.3) is 0 Å². The second kappa shape index (κ2) is 25.2. The van der Waals surface area contributed by atoms with Crippen molar-refractivity contribution in [3.63, 3.8) is 0 Å². The second-order valence-corrected chi connectivity index (χ2v) is 32.1. The lowest BCUT2D eigenvalue weighted by Crippen LogP contribution is -2.62. The average molecular weight is 1040 g/mol. The Hall–Kier alpha value is -1.67. The summed E-state index contributed by atoms with van der Waals surface area (Å²) in [6, 6.07) is 2.36. The van der Waals surface area contributed by atoms with Crippen LogP contribution in [0.3, 0.4) is 0 Å². The molecule has 4 aliphatic rings. The highest BCUT2D eigenvalue weighted by atomic mass is 15.3. The van der Waals surface area contributed by atoms with E-state index >= 15 is 0 Å². The van der Waals surface area contributed by atoms with Crippen LogP contribution in [0.15, 0.2) is 0 Å². The van der Waals surface area contributed by atoms with E-state index in [1.807, 2.05) is 6.92 Å². The Morgan fingerprint density at radius 1 is 0.459 bits per heavy atom. The van der Waals surface area contributed by atoms with E-state index in [9.17, 15) is 0 Å². The molecule has 0 bridgehead atoms. The summed E-state index contributed by atoms with van der Waals surface area (Å²) >= 11 is 0. The van der Waals surface area contributed by atoms with Gasteiger partial charge in [-0.15, -0.1) is 0 Å². The minimum atomic E-state index is -0.125. The van der Waals surface area contributed by atoms with Gasteiger partial charge in [0.1, 0.15) is 5.82 Å². The van der Waals surface area contributed by atoms with Crippen LogP contribution in [-0.2, 0) is 0 Å². The molecule has 0 aromatic carbocycles. The third-order valence-electron chi connectivity index (χ3n) is 16.3. The molecule has 0 aliphatic carbocycles. The van der Waals surface area contributed by atoms with Crippen LogP contribution in [0.2, 0.25) is 0 Å². The van der Waals surface area contributed by atoms with E-state index < -0.39 is 0 Å². The maximum absolute atomic E-state index is 5.09. The Kier molecular flexibility index (Phi) is 22.1. The zero-order valence-corrected chi connectivity index (χ0v) is 53.3. The van der Waals surface area contributed by atoms with E-state index in [-0.39, 0.29) is 55.3 Å². The lowest BCUT2D eigenvalue weighted by atomic mass is 9.79. The number of aromatic nitrogens is 3. The quantitative estimate of drug-likeness (QED) is 0.0621. The molecular formula is C62H124N12. The molecule has 12 nitrogen and oxygen atoms in total. The molecule has 6 N–H and O–H groups in total. The van der Waals surface area contributed by atoms with Gasteiger partial charge >= 0.3 is 0 Å². The first-order valence-corrected chi connectivity index (χ1v) is 30.1. The topological polar surface area (TPSA) is 121 Å². The van der Waals surface area contributed by atoms with Crippen LogP contribution in [0.25, 0.3) is 0 Å².